The summed E-state index contributed by atoms with van der Waals surface area (Å²) in [4.78, 5) is 15.0. The van der Waals surface area contributed by atoms with E-state index in [1.165, 1.54) is 0 Å². The molecular weight excluding hydrogens is 180 g/mol. The van der Waals surface area contributed by atoms with Gasteiger partial charge in [0, 0.05) is 12.2 Å². The van der Waals surface area contributed by atoms with E-state index in [0.29, 0.717) is 5.92 Å². The molecule has 0 saturated carbocycles. The van der Waals surface area contributed by atoms with Crippen LogP contribution < -0.4 is 0 Å². The number of rotatable bonds is 1. The lowest BCUT2D eigenvalue weighted by atomic mass is 9.97. The third-order valence-corrected chi connectivity index (χ3v) is 2.87. The molecule has 0 saturated heterocycles. The summed E-state index contributed by atoms with van der Waals surface area (Å²) in [5, 5.41) is 8.96. The number of hydrogen-bond acceptors (Lipinski definition) is 2. The molecule has 1 aromatic heterocycles. The topological polar surface area (TPSA) is 55.1 Å². The van der Waals surface area contributed by atoms with Crippen LogP contribution in [0.2, 0.25) is 0 Å². The molecule has 1 atom stereocenters. The van der Waals surface area contributed by atoms with Crippen LogP contribution in [0, 0.1) is 6.92 Å². The Kier molecular flexibility index (Phi) is 2.06. The fourth-order valence-electron chi connectivity index (χ4n) is 2.29. The van der Waals surface area contributed by atoms with Gasteiger partial charge in [-0.15, -0.1) is 0 Å². The molecule has 0 fully saturated rings. The van der Waals surface area contributed by atoms with Gasteiger partial charge in [0.25, 0.3) is 0 Å². The van der Waals surface area contributed by atoms with Gasteiger partial charge in [0.1, 0.15) is 0 Å². The first-order chi connectivity index (χ1) is 6.61. The molecule has 0 bridgehead atoms. The lowest BCUT2D eigenvalue weighted by Crippen LogP contribution is -2.18. The van der Waals surface area contributed by atoms with Crippen molar-refractivity contribution in [2.24, 2.45) is 0 Å². The smallest absolute Gasteiger partial charge is 0.372 e. The Morgan fingerprint density at radius 3 is 3.00 bits per heavy atom. The van der Waals surface area contributed by atoms with Gasteiger partial charge < -0.3 is 9.67 Å². The zero-order valence-corrected chi connectivity index (χ0v) is 8.45. The number of imidazole rings is 1. The Balaban J connectivity index is 2.57. The molecule has 0 radical (unpaired) electrons. The Bertz CT molecular complexity index is 382. The molecule has 4 nitrogen and oxygen atoms in total. The molecule has 1 unspecified atom stereocenters. The van der Waals surface area contributed by atoms with E-state index in [0.717, 1.165) is 30.8 Å². The van der Waals surface area contributed by atoms with Gasteiger partial charge in [-0.3, -0.25) is 0 Å². The van der Waals surface area contributed by atoms with Gasteiger partial charge in [-0.05, 0) is 25.7 Å². The van der Waals surface area contributed by atoms with Crippen molar-refractivity contribution < 1.29 is 9.90 Å². The molecule has 0 amide bonds. The van der Waals surface area contributed by atoms with Crippen molar-refractivity contribution in [1.82, 2.24) is 9.55 Å². The fourth-order valence-corrected chi connectivity index (χ4v) is 2.29. The molecule has 0 aliphatic carbocycles. The first kappa shape index (κ1) is 9.24. The first-order valence-electron chi connectivity index (χ1n) is 4.91. The largest absolute Gasteiger partial charge is 0.475 e. The standard InChI is InChI=1S/C10H14N2O2/c1-6-4-3-5-12-8(6)7(2)11-9(12)10(13)14/h6H,3-5H2,1-2H3,(H,13,14). The molecule has 2 rings (SSSR count). The number of nitrogens with zero attached hydrogens (tertiary/aromatic N) is 2. The summed E-state index contributed by atoms with van der Waals surface area (Å²) in [6.07, 6.45) is 2.18. The Hall–Kier alpha value is -1.32. The number of carboxylic acids is 1. The second-order valence-electron chi connectivity index (χ2n) is 3.91. The van der Waals surface area contributed by atoms with Crippen LogP contribution in [0.4, 0.5) is 0 Å². The summed E-state index contributed by atoms with van der Waals surface area (Å²) in [5.74, 6) is -0.290. The van der Waals surface area contributed by atoms with Gasteiger partial charge >= 0.3 is 5.97 Å². The van der Waals surface area contributed by atoms with E-state index < -0.39 is 5.97 Å². The number of hydrogen-bond donors (Lipinski definition) is 1. The van der Waals surface area contributed by atoms with Gasteiger partial charge in [0.05, 0.1) is 5.69 Å². The molecular formula is C10H14N2O2. The molecule has 1 aromatic rings. The van der Waals surface area contributed by atoms with Gasteiger partial charge in [-0.1, -0.05) is 6.92 Å². The van der Waals surface area contributed by atoms with E-state index >= 15 is 0 Å². The van der Waals surface area contributed by atoms with Crippen molar-refractivity contribution in [3.63, 3.8) is 0 Å². The fraction of sp³-hybridized carbons (Fsp3) is 0.600. The highest BCUT2D eigenvalue weighted by Gasteiger charge is 2.25. The van der Waals surface area contributed by atoms with Gasteiger partial charge in [0.2, 0.25) is 5.82 Å². The van der Waals surface area contributed by atoms with Crippen molar-refractivity contribution in [3.8, 4) is 0 Å². The van der Waals surface area contributed by atoms with Crippen LogP contribution in [-0.4, -0.2) is 20.6 Å². The maximum absolute atomic E-state index is 10.9. The van der Waals surface area contributed by atoms with Crippen molar-refractivity contribution >= 4 is 5.97 Å². The predicted octanol–water partition coefficient (Wildman–Crippen LogP) is 1.79. The predicted molar refractivity (Wildman–Crippen MR) is 51.6 cm³/mol. The second kappa shape index (κ2) is 3.12. The molecule has 0 spiro atoms. The summed E-state index contributed by atoms with van der Waals surface area (Å²) >= 11 is 0. The third-order valence-electron chi connectivity index (χ3n) is 2.87. The minimum absolute atomic E-state index is 0.198. The average Bonchev–Trinajstić information content (AvgIpc) is 2.45. The average molecular weight is 194 g/mol. The third kappa shape index (κ3) is 1.22. The summed E-state index contributed by atoms with van der Waals surface area (Å²) in [6, 6.07) is 0. The van der Waals surface area contributed by atoms with Crippen molar-refractivity contribution in [2.75, 3.05) is 0 Å². The molecule has 14 heavy (non-hydrogen) atoms. The van der Waals surface area contributed by atoms with Gasteiger partial charge in [0.15, 0.2) is 0 Å². The lowest BCUT2D eigenvalue weighted by Gasteiger charge is -2.22. The molecule has 1 aliphatic heterocycles. The number of fused-ring (bicyclic) bond motifs is 1. The number of carboxylic acid groups (broad SMARTS) is 1. The zero-order valence-electron chi connectivity index (χ0n) is 8.45. The highest BCUT2D eigenvalue weighted by atomic mass is 16.4. The normalized spacial score (nSPS) is 20.6. The molecule has 1 N–H and O–H groups in total. The molecule has 0 aromatic carbocycles. The minimum atomic E-state index is -0.923. The van der Waals surface area contributed by atoms with E-state index in [9.17, 15) is 4.79 Å². The van der Waals surface area contributed by atoms with Crippen LogP contribution in [0.3, 0.4) is 0 Å². The van der Waals surface area contributed by atoms with Crippen molar-refractivity contribution in [2.45, 2.75) is 39.2 Å². The van der Waals surface area contributed by atoms with Crippen LogP contribution in [0.1, 0.15) is 47.7 Å². The molecule has 1 aliphatic rings. The Morgan fingerprint density at radius 1 is 1.64 bits per heavy atom. The van der Waals surface area contributed by atoms with Crippen LogP contribution in [0.25, 0.3) is 0 Å². The molecule has 2 heterocycles. The van der Waals surface area contributed by atoms with E-state index in [1.807, 2.05) is 11.5 Å². The Labute approximate surface area is 82.6 Å². The first-order valence-corrected chi connectivity index (χ1v) is 4.91. The number of carbonyl (C=O) groups is 1. The zero-order chi connectivity index (χ0) is 10.3. The Morgan fingerprint density at radius 2 is 2.36 bits per heavy atom. The quantitative estimate of drug-likeness (QED) is 0.741. The van der Waals surface area contributed by atoms with E-state index in [2.05, 4.69) is 11.9 Å². The second-order valence-corrected chi connectivity index (χ2v) is 3.91. The SMILES string of the molecule is Cc1nc(C(=O)O)n2c1C(C)CCC2. The molecule has 4 heteroatoms. The summed E-state index contributed by atoms with van der Waals surface area (Å²) in [6.45, 7) is 4.81. The van der Waals surface area contributed by atoms with Crippen molar-refractivity contribution in [1.29, 1.82) is 0 Å². The summed E-state index contributed by atoms with van der Waals surface area (Å²) < 4.78 is 1.85. The highest BCUT2D eigenvalue weighted by Crippen LogP contribution is 2.30. The lowest BCUT2D eigenvalue weighted by molar-refractivity contribution is 0.0676. The van der Waals surface area contributed by atoms with Gasteiger partial charge in [-0.2, -0.15) is 0 Å². The maximum Gasteiger partial charge on any atom is 0.372 e. The molecule has 76 valence electrons. The summed E-state index contributed by atoms with van der Waals surface area (Å²) in [7, 11) is 0. The highest BCUT2D eigenvalue weighted by molar-refractivity contribution is 5.84. The number of aromatic nitrogens is 2. The monoisotopic (exact) mass is 194 g/mol. The van der Waals surface area contributed by atoms with Crippen LogP contribution in [0.15, 0.2) is 0 Å². The van der Waals surface area contributed by atoms with E-state index in [4.69, 9.17) is 5.11 Å². The number of aromatic carboxylic acids is 1. The summed E-state index contributed by atoms with van der Waals surface area (Å²) in [5.41, 5.74) is 1.98. The number of aryl methyl sites for hydroxylation is 1. The maximum atomic E-state index is 10.9. The van der Waals surface area contributed by atoms with E-state index in [-0.39, 0.29) is 5.82 Å². The van der Waals surface area contributed by atoms with Crippen LogP contribution in [0.5, 0.6) is 0 Å². The van der Waals surface area contributed by atoms with Crippen molar-refractivity contribution in [3.05, 3.63) is 17.2 Å². The van der Waals surface area contributed by atoms with Gasteiger partial charge in [-0.25, -0.2) is 9.78 Å². The van der Waals surface area contributed by atoms with Crippen LogP contribution >= 0.6 is 0 Å². The minimum Gasteiger partial charge on any atom is -0.475 e. The van der Waals surface area contributed by atoms with Crippen LogP contribution in [-0.2, 0) is 6.54 Å². The van der Waals surface area contributed by atoms with E-state index in [1.54, 1.807) is 0 Å².